The number of hydrogen-bond acceptors (Lipinski definition) is 1. The third kappa shape index (κ3) is 3.96. The second-order valence-electron chi connectivity index (χ2n) is 4.71. The molecule has 86 valence electrons. The highest BCUT2D eigenvalue weighted by molar-refractivity contribution is 7.45. The minimum Gasteiger partial charge on any atom is -0.339 e. The number of quaternary nitrogens is 1. The van der Waals surface area contributed by atoms with Crippen molar-refractivity contribution in [1.29, 1.82) is 0 Å². The zero-order valence-corrected chi connectivity index (χ0v) is 11.3. The molecule has 0 amide bonds. The lowest BCUT2D eigenvalue weighted by Gasteiger charge is -2.13. The van der Waals surface area contributed by atoms with Crippen molar-refractivity contribution < 1.29 is 9.88 Å². The van der Waals surface area contributed by atoms with Gasteiger partial charge < -0.3 is 9.88 Å². The van der Waals surface area contributed by atoms with Crippen molar-refractivity contribution in [2.24, 2.45) is 0 Å². The Morgan fingerprint density at radius 2 is 1.27 bits per heavy atom. The zero-order valence-electron chi connectivity index (χ0n) is 10.3. The van der Waals surface area contributed by atoms with Crippen molar-refractivity contribution in [3.8, 4) is 0 Å². The predicted molar refractivity (Wildman–Crippen MR) is 67.1 cm³/mol. The SMILES string of the molecule is C/C1=C(\C)C[PH](=O)C/C(C)=C(/C)C[NH2+]C1. The molecule has 0 radical (unpaired) electrons. The molecule has 2 N–H and O–H groups in total. The summed E-state index contributed by atoms with van der Waals surface area (Å²) in [5, 5.41) is 2.33. The van der Waals surface area contributed by atoms with Crippen LogP contribution in [-0.4, -0.2) is 25.4 Å². The average Bonchev–Trinajstić information content (AvgIpc) is 2.15. The fourth-order valence-corrected chi connectivity index (χ4v) is 3.72. The largest absolute Gasteiger partial charge is 0.339 e. The molecule has 15 heavy (non-hydrogen) atoms. The van der Waals surface area contributed by atoms with Crippen LogP contribution in [0.5, 0.6) is 0 Å². The van der Waals surface area contributed by atoms with E-state index in [1.165, 1.54) is 22.3 Å². The van der Waals surface area contributed by atoms with E-state index in [4.69, 9.17) is 0 Å². The van der Waals surface area contributed by atoms with E-state index in [-0.39, 0.29) is 0 Å². The molecule has 0 saturated carbocycles. The Morgan fingerprint density at radius 1 is 0.867 bits per heavy atom. The molecule has 0 aromatic carbocycles. The van der Waals surface area contributed by atoms with Crippen molar-refractivity contribution in [2.45, 2.75) is 27.7 Å². The van der Waals surface area contributed by atoms with Gasteiger partial charge in [-0.05, 0) is 38.8 Å². The molecule has 0 aromatic heterocycles. The fourth-order valence-electron chi connectivity index (χ4n) is 1.81. The highest BCUT2D eigenvalue weighted by Crippen LogP contribution is 2.28. The molecule has 0 atom stereocenters. The molecule has 0 saturated heterocycles. The van der Waals surface area contributed by atoms with Crippen LogP contribution in [0.3, 0.4) is 0 Å². The highest BCUT2D eigenvalue weighted by Gasteiger charge is 2.10. The third-order valence-corrected chi connectivity index (χ3v) is 5.13. The van der Waals surface area contributed by atoms with Crippen molar-refractivity contribution in [1.82, 2.24) is 0 Å². The third-order valence-electron chi connectivity index (χ3n) is 3.28. The first-order chi connectivity index (χ1) is 7.00. The van der Waals surface area contributed by atoms with Crippen LogP contribution >= 0.6 is 7.80 Å². The van der Waals surface area contributed by atoms with Gasteiger partial charge >= 0.3 is 0 Å². The summed E-state index contributed by atoms with van der Waals surface area (Å²) in [4.78, 5) is 0. The number of nitrogens with two attached hydrogens (primary N) is 1. The van der Waals surface area contributed by atoms with E-state index >= 15 is 0 Å². The summed E-state index contributed by atoms with van der Waals surface area (Å²) in [6.45, 7) is 10.7. The van der Waals surface area contributed by atoms with Gasteiger partial charge in [-0.25, -0.2) is 0 Å². The lowest BCUT2D eigenvalue weighted by Crippen LogP contribution is -2.85. The van der Waals surface area contributed by atoms with Crippen molar-refractivity contribution >= 4 is 7.80 Å². The van der Waals surface area contributed by atoms with Gasteiger partial charge in [0.05, 0.1) is 20.9 Å². The van der Waals surface area contributed by atoms with Gasteiger partial charge in [-0.3, -0.25) is 0 Å². The molecule has 1 aliphatic rings. The normalized spacial score (nSPS) is 35.3. The lowest BCUT2D eigenvalue weighted by atomic mass is 10.1. The van der Waals surface area contributed by atoms with Crippen LogP contribution in [0.4, 0.5) is 0 Å². The topological polar surface area (TPSA) is 33.7 Å². The minimum absolute atomic E-state index is 0.814. The summed E-state index contributed by atoms with van der Waals surface area (Å²) in [5.74, 6) is 0. The minimum atomic E-state index is -1.43. The van der Waals surface area contributed by atoms with E-state index < -0.39 is 7.80 Å². The van der Waals surface area contributed by atoms with Gasteiger partial charge in [-0.1, -0.05) is 11.1 Å². The predicted octanol–water partition coefficient (Wildman–Crippen LogP) is 1.80. The Kier molecular flexibility index (Phi) is 4.82. The lowest BCUT2D eigenvalue weighted by molar-refractivity contribution is -0.640. The Morgan fingerprint density at radius 3 is 1.67 bits per heavy atom. The van der Waals surface area contributed by atoms with Gasteiger partial charge in [-0.15, -0.1) is 0 Å². The highest BCUT2D eigenvalue weighted by atomic mass is 31.1. The van der Waals surface area contributed by atoms with E-state index in [9.17, 15) is 4.57 Å². The Labute approximate surface area is 93.6 Å². The maximum absolute atomic E-state index is 11.9. The number of rotatable bonds is 0. The van der Waals surface area contributed by atoms with Crippen LogP contribution in [0.1, 0.15) is 27.7 Å². The first-order valence-electron chi connectivity index (χ1n) is 5.64. The molecule has 0 spiro atoms. The zero-order chi connectivity index (χ0) is 11.4. The maximum Gasteiger partial charge on any atom is 0.0974 e. The number of hydrogen-bond donors (Lipinski definition) is 1. The molecule has 0 aliphatic carbocycles. The summed E-state index contributed by atoms with van der Waals surface area (Å²) in [5.41, 5.74) is 5.48. The van der Waals surface area contributed by atoms with Gasteiger partial charge in [0.2, 0.25) is 0 Å². The molecule has 2 nitrogen and oxygen atoms in total. The van der Waals surface area contributed by atoms with Gasteiger partial charge in [0, 0.05) is 12.3 Å². The van der Waals surface area contributed by atoms with E-state index in [0.717, 1.165) is 25.4 Å². The Balaban J connectivity index is 2.83. The molecule has 1 rings (SSSR count). The van der Waals surface area contributed by atoms with Gasteiger partial charge in [-0.2, -0.15) is 0 Å². The van der Waals surface area contributed by atoms with Crippen LogP contribution in [0, 0.1) is 0 Å². The second-order valence-corrected chi connectivity index (χ2v) is 6.49. The summed E-state index contributed by atoms with van der Waals surface area (Å²) in [7, 11) is -1.43. The monoisotopic (exact) mass is 228 g/mol. The fraction of sp³-hybridized carbons (Fsp3) is 0.667. The van der Waals surface area contributed by atoms with Crippen LogP contribution in [0.25, 0.3) is 0 Å². The quantitative estimate of drug-likeness (QED) is 0.498. The maximum atomic E-state index is 11.9. The number of allylic oxidation sites excluding steroid dienone is 2. The van der Waals surface area contributed by atoms with Crippen molar-refractivity contribution in [3.05, 3.63) is 22.3 Å². The smallest absolute Gasteiger partial charge is 0.0974 e. The van der Waals surface area contributed by atoms with Crippen LogP contribution in [0.15, 0.2) is 22.3 Å². The standard InChI is InChI=1S/C12H22NOP/c1-9-5-13-6-10(2)12(4)8-15(14)7-11(9)3/h13,15H,5-8H2,1-4H3/p+1/b11-9-,12-10-. The Bertz CT molecular complexity index is 299. The molecule has 1 heterocycles. The molecule has 0 unspecified atom stereocenters. The molecular formula is C12H23NOP+. The molecule has 0 aromatic rings. The van der Waals surface area contributed by atoms with Crippen LogP contribution in [0.2, 0.25) is 0 Å². The average molecular weight is 228 g/mol. The van der Waals surface area contributed by atoms with Crippen molar-refractivity contribution in [3.63, 3.8) is 0 Å². The van der Waals surface area contributed by atoms with E-state index in [1.54, 1.807) is 0 Å². The van der Waals surface area contributed by atoms with E-state index in [2.05, 4.69) is 33.0 Å². The molecule has 3 heteroatoms. The summed E-state index contributed by atoms with van der Waals surface area (Å²) in [6.07, 6.45) is 1.63. The Hall–Kier alpha value is -0.330. The summed E-state index contributed by atoms with van der Waals surface area (Å²) < 4.78 is 11.9. The van der Waals surface area contributed by atoms with Gasteiger partial charge in [0.25, 0.3) is 0 Å². The van der Waals surface area contributed by atoms with Gasteiger partial charge in [0.1, 0.15) is 0 Å². The first-order valence-corrected chi connectivity index (χ1v) is 7.46. The summed E-state index contributed by atoms with van der Waals surface area (Å²) in [6, 6.07) is 0. The molecule has 1 aliphatic heterocycles. The van der Waals surface area contributed by atoms with E-state index in [1.807, 2.05) is 0 Å². The molecule has 0 bridgehead atoms. The van der Waals surface area contributed by atoms with E-state index in [0.29, 0.717) is 0 Å². The molecular weight excluding hydrogens is 205 g/mol. The van der Waals surface area contributed by atoms with Gasteiger partial charge in [0.15, 0.2) is 0 Å². The van der Waals surface area contributed by atoms with Crippen LogP contribution < -0.4 is 5.32 Å². The van der Waals surface area contributed by atoms with Crippen LogP contribution in [-0.2, 0) is 4.57 Å². The second kappa shape index (κ2) is 5.67. The first kappa shape index (κ1) is 12.7. The van der Waals surface area contributed by atoms with Crippen molar-refractivity contribution in [2.75, 3.05) is 25.4 Å². The molecule has 0 fully saturated rings. The summed E-state index contributed by atoms with van der Waals surface area (Å²) >= 11 is 0.